The molecule has 3 aromatic rings. The van der Waals surface area contributed by atoms with Gasteiger partial charge in [0.1, 0.15) is 17.6 Å². The summed E-state index contributed by atoms with van der Waals surface area (Å²) in [6.45, 7) is 6.73. The molecule has 0 spiro atoms. The summed E-state index contributed by atoms with van der Waals surface area (Å²) in [5.74, 6) is 7.98. The number of nitrogens with two attached hydrogens (primary N) is 1. The lowest BCUT2D eigenvalue weighted by atomic mass is 10.0. The summed E-state index contributed by atoms with van der Waals surface area (Å²) in [6.07, 6.45) is 0. The Morgan fingerprint density at radius 2 is 1.76 bits per heavy atom. The molecular formula is C24H29N5O3S. The highest BCUT2D eigenvalue weighted by atomic mass is 32.2. The Labute approximate surface area is 198 Å². The second-order valence-electron chi connectivity index (χ2n) is 8.13. The Morgan fingerprint density at radius 1 is 1.06 bits per heavy atom. The smallest absolute Gasteiger partial charge is 0.240 e. The van der Waals surface area contributed by atoms with Crippen LogP contribution in [0.25, 0.3) is 0 Å². The molecule has 0 unspecified atom stereocenters. The first kappa shape index (κ1) is 23.1. The van der Waals surface area contributed by atoms with E-state index in [0.717, 1.165) is 11.3 Å². The maximum Gasteiger partial charge on any atom is 0.240 e. The number of morpholine rings is 1. The SMILES string of the molecule is CC(C)c1ccc(OCc2nnc(S[C@@H](C(=O)N3CCOCC3)c3ccccc3)n2N)cc1. The summed E-state index contributed by atoms with van der Waals surface area (Å²) in [7, 11) is 0. The molecular weight excluding hydrogens is 438 g/mol. The van der Waals surface area contributed by atoms with Crippen LogP contribution in [0.2, 0.25) is 0 Å². The molecule has 1 aromatic heterocycles. The Bertz CT molecular complexity index is 1050. The van der Waals surface area contributed by atoms with Crippen LogP contribution in [-0.2, 0) is 16.1 Å². The number of ether oxygens (including phenoxy) is 2. The summed E-state index contributed by atoms with van der Waals surface area (Å²) >= 11 is 1.29. The van der Waals surface area contributed by atoms with E-state index in [2.05, 4.69) is 36.2 Å². The molecule has 0 aliphatic carbocycles. The van der Waals surface area contributed by atoms with Gasteiger partial charge >= 0.3 is 0 Å². The van der Waals surface area contributed by atoms with E-state index in [1.54, 1.807) is 0 Å². The molecule has 1 saturated heterocycles. The van der Waals surface area contributed by atoms with E-state index in [1.807, 2.05) is 47.4 Å². The minimum Gasteiger partial charge on any atom is -0.486 e. The first-order valence-corrected chi connectivity index (χ1v) is 11.9. The Kier molecular flexibility index (Phi) is 7.51. The van der Waals surface area contributed by atoms with Crippen LogP contribution in [0.5, 0.6) is 5.75 Å². The molecule has 9 heteroatoms. The summed E-state index contributed by atoms with van der Waals surface area (Å²) in [4.78, 5) is 15.2. The third-order valence-electron chi connectivity index (χ3n) is 5.52. The van der Waals surface area contributed by atoms with Gasteiger partial charge in [-0.1, -0.05) is 68.1 Å². The van der Waals surface area contributed by atoms with E-state index >= 15 is 0 Å². The fourth-order valence-corrected chi connectivity index (χ4v) is 4.59. The number of nitrogen functional groups attached to an aromatic ring is 1. The minimum absolute atomic E-state index is 0.0144. The molecule has 1 aliphatic rings. The van der Waals surface area contributed by atoms with Crippen LogP contribution < -0.4 is 10.6 Å². The van der Waals surface area contributed by atoms with E-state index < -0.39 is 5.25 Å². The largest absolute Gasteiger partial charge is 0.486 e. The van der Waals surface area contributed by atoms with Crippen molar-refractivity contribution in [3.63, 3.8) is 0 Å². The molecule has 0 saturated carbocycles. The highest BCUT2D eigenvalue weighted by molar-refractivity contribution is 8.00. The van der Waals surface area contributed by atoms with Crippen LogP contribution in [0.1, 0.15) is 42.0 Å². The number of rotatable bonds is 8. The molecule has 4 rings (SSSR count). The molecule has 0 bridgehead atoms. The van der Waals surface area contributed by atoms with Crippen LogP contribution in [0.3, 0.4) is 0 Å². The number of hydrogen-bond acceptors (Lipinski definition) is 7. The van der Waals surface area contributed by atoms with Gasteiger partial charge in [-0.3, -0.25) is 4.79 Å². The zero-order valence-electron chi connectivity index (χ0n) is 18.9. The van der Waals surface area contributed by atoms with Crippen molar-refractivity contribution >= 4 is 17.7 Å². The number of aromatic nitrogens is 3. The average molecular weight is 468 g/mol. The lowest BCUT2D eigenvalue weighted by molar-refractivity contribution is -0.134. The molecule has 33 heavy (non-hydrogen) atoms. The molecule has 0 radical (unpaired) electrons. The number of thioether (sulfide) groups is 1. The lowest BCUT2D eigenvalue weighted by Gasteiger charge is -2.30. The van der Waals surface area contributed by atoms with Crippen molar-refractivity contribution in [2.45, 2.75) is 36.8 Å². The summed E-state index contributed by atoms with van der Waals surface area (Å²) in [6, 6.07) is 17.6. The highest BCUT2D eigenvalue weighted by Crippen LogP contribution is 2.36. The van der Waals surface area contributed by atoms with Crippen LogP contribution in [0, 0.1) is 0 Å². The van der Waals surface area contributed by atoms with Gasteiger partial charge in [-0.05, 0) is 29.2 Å². The first-order valence-electron chi connectivity index (χ1n) is 11.0. The molecule has 2 N–H and O–H groups in total. The molecule has 1 atom stereocenters. The van der Waals surface area contributed by atoms with E-state index in [1.165, 1.54) is 22.0 Å². The van der Waals surface area contributed by atoms with Crippen molar-refractivity contribution in [1.29, 1.82) is 0 Å². The van der Waals surface area contributed by atoms with Crippen molar-refractivity contribution in [3.8, 4) is 5.75 Å². The second kappa shape index (κ2) is 10.7. The third kappa shape index (κ3) is 5.66. The fraction of sp³-hybridized carbons (Fsp3) is 0.375. The standard InChI is InChI=1S/C24H29N5O3S/c1-17(2)18-8-10-20(11-9-18)32-16-21-26-27-24(29(21)25)33-22(19-6-4-3-5-7-19)23(30)28-12-14-31-15-13-28/h3-11,17,22H,12-16,25H2,1-2H3/t22-/m1/s1. The third-order valence-corrected chi connectivity index (χ3v) is 6.72. The van der Waals surface area contributed by atoms with Gasteiger partial charge in [0.25, 0.3) is 0 Å². The van der Waals surface area contributed by atoms with Crippen LogP contribution in [0.4, 0.5) is 0 Å². The van der Waals surface area contributed by atoms with Gasteiger partial charge in [-0.25, -0.2) is 4.68 Å². The predicted molar refractivity (Wildman–Crippen MR) is 127 cm³/mol. The zero-order chi connectivity index (χ0) is 23.2. The molecule has 2 aromatic carbocycles. The van der Waals surface area contributed by atoms with E-state index in [4.69, 9.17) is 15.3 Å². The highest BCUT2D eigenvalue weighted by Gasteiger charge is 2.30. The fourth-order valence-electron chi connectivity index (χ4n) is 3.53. The topological polar surface area (TPSA) is 95.5 Å². The summed E-state index contributed by atoms with van der Waals surface area (Å²) in [5, 5.41) is 8.41. The average Bonchev–Trinajstić information content (AvgIpc) is 3.21. The number of benzene rings is 2. The Hall–Kier alpha value is -3.04. The van der Waals surface area contributed by atoms with Crippen molar-refractivity contribution in [2.24, 2.45) is 0 Å². The maximum absolute atomic E-state index is 13.3. The van der Waals surface area contributed by atoms with Gasteiger partial charge in [-0.2, -0.15) is 0 Å². The van der Waals surface area contributed by atoms with Gasteiger partial charge in [0, 0.05) is 13.1 Å². The van der Waals surface area contributed by atoms with Crippen molar-refractivity contribution in [3.05, 3.63) is 71.5 Å². The number of hydrogen-bond donors (Lipinski definition) is 1. The summed E-state index contributed by atoms with van der Waals surface area (Å²) < 4.78 is 12.6. The van der Waals surface area contributed by atoms with E-state index in [-0.39, 0.29) is 12.5 Å². The monoisotopic (exact) mass is 467 g/mol. The maximum atomic E-state index is 13.3. The van der Waals surface area contributed by atoms with Crippen molar-refractivity contribution in [2.75, 3.05) is 32.1 Å². The van der Waals surface area contributed by atoms with Crippen LogP contribution in [0.15, 0.2) is 59.8 Å². The number of nitrogens with zero attached hydrogens (tertiary/aromatic N) is 4. The minimum atomic E-state index is -0.479. The van der Waals surface area contributed by atoms with Gasteiger partial charge in [-0.15, -0.1) is 10.2 Å². The Morgan fingerprint density at radius 3 is 2.42 bits per heavy atom. The van der Waals surface area contributed by atoms with Gasteiger partial charge in [0.05, 0.1) is 13.2 Å². The van der Waals surface area contributed by atoms with E-state index in [9.17, 15) is 4.79 Å². The number of amides is 1. The lowest BCUT2D eigenvalue weighted by Crippen LogP contribution is -2.42. The normalized spacial score (nSPS) is 14.9. The molecule has 1 amide bonds. The number of carbonyl (C=O) groups excluding carboxylic acids is 1. The van der Waals surface area contributed by atoms with Crippen molar-refractivity contribution < 1.29 is 14.3 Å². The van der Waals surface area contributed by atoms with Gasteiger partial charge < -0.3 is 20.2 Å². The number of carbonyl (C=O) groups is 1. The van der Waals surface area contributed by atoms with E-state index in [0.29, 0.717) is 43.2 Å². The molecule has 1 aliphatic heterocycles. The molecule has 8 nitrogen and oxygen atoms in total. The van der Waals surface area contributed by atoms with Crippen molar-refractivity contribution in [1.82, 2.24) is 19.8 Å². The van der Waals surface area contributed by atoms with Crippen LogP contribution in [-0.4, -0.2) is 52.0 Å². The molecule has 1 fully saturated rings. The van der Waals surface area contributed by atoms with Crippen LogP contribution >= 0.6 is 11.8 Å². The summed E-state index contributed by atoms with van der Waals surface area (Å²) in [5.41, 5.74) is 2.14. The zero-order valence-corrected chi connectivity index (χ0v) is 19.7. The first-order chi connectivity index (χ1) is 16.0. The van der Waals surface area contributed by atoms with Gasteiger partial charge in [0.15, 0.2) is 5.82 Å². The molecule has 2 heterocycles. The molecule has 174 valence electrons. The quantitative estimate of drug-likeness (QED) is 0.401. The second-order valence-corrected chi connectivity index (χ2v) is 9.20. The van der Waals surface area contributed by atoms with Gasteiger partial charge in [0.2, 0.25) is 11.1 Å². The Balaban J connectivity index is 1.47. The predicted octanol–water partition coefficient (Wildman–Crippen LogP) is 3.39.